The molecule has 0 N–H and O–H groups in total. The van der Waals surface area contributed by atoms with Crippen LogP contribution in [0.2, 0.25) is 0 Å². The highest BCUT2D eigenvalue weighted by Gasteiger charge is 2.02. The highest BCUT2D eigenvalue weighted by molar-refractivity contribution is 5.70. The molecule has 0 aromatic carbocycles. The average molecular weight is 327 g/mol. The molecule has 0 amide bonds. The van der Waals surface area contributed by atoms with Crippen LogP contribution < -0.4 is 9.13 Å². The molecule has 2 heterocycles. The summed E-state index contributed by atoms with van der Waals surface area (Å²) in [4.78, 5) is 5.55. The average Bonchev–Trinajstić information content (AvgIpc) is 2.65. The number of aromatic nitrogens is 2. The largest absolute Gasteiger partial charge is 0.762 e. The predicted molar refractivity (Wildman–Crippen MR) is 93.0 cm³/mol. The molecule has 0 radical (unpaired) electrons. The van der Waals surface area contributed by atoms with E-state index in [1.165, 1.54) is 11.1 Å². The van der Waals surface area contributed by atoms with E-state index >= 15 is 0 Å². The van der Waals surface area contributed by atoms with Gasteiger partial charge >= 0.3 is 5.82 Å². The SMILES string of the molecule is C[n+]1ccc(-c2cc[n+](C)cc2)cc1.[C-]#[N+]C(=CC(=C=[N-])C#N)[N+]#[C-]. The van der Waals surface area contributed by atoms with Crippen LogP contribution in [0.25, 0.3) is 26.2 Å². The fourth-order valence-corrected chi connectivity index (χ4v) is 1.70. The quantitative estimate of drug-likeness (QED) is 0.275. The van der Waals surface area contributed by atoms with Crippen molar-refractivity contribution in [3.05, 3.63) is 94.8 Å². The molecule has 6 nitrogen and oxygen atoms in total. The van der Waals surface area contributed by atoms with Gasteiger partial charge < -0.3 is 5.41 Å². The van der Waals surface area contributed by atoms with Gasteiger partial charge in [-0.1, -0.05) is 0 Å². The Balaban J connectivity index is 0.000000260. The van der Waals surface area contributed by atoms with Gasteiger partial charge in [-0.15, -0.1) is 0 Å². The smallest absolute Gasteiger partial charge is 0.521 e. The molecular formula is C19H15N6+. The third kappa shape index (κ3) is 6.30. The van der Waals surface area contributed by atoms with E-state index in [2.05, 4.69) is 58.7 Å². The van der Waals surface area contributed by atoms with Gasteiger partial charge in [0, 0.05) is 24.3 Å². The molecule has 0 atom stereocenters. The second-order valence-corrected chi connectivity index (χ2v) is 4.87. The third-order valence-corrected chi connectivity index (χ3v) is 3.03. The summed E-state index contributed by atoms with van der Waals surface area (Å²) in [6, 6.07) is 10.0. The Hall–Kier alpha value is -4.04. The third-order valence-electron chi connectivity index (χ3n) is 3.03. The Morgan fingerprint density at radius 2 is 1.40 bits per heavy atom. The number of rotatable bonds is 2. The Labute approximate surface area is 147 Å². The van der Waals surface area contributed by atoms with Crippen molar-refractivity contribution in [2.45, 2.75) is 0 Å². The molecule has 2 aromatic heterocycles. The van der Waals surface area contributed by atoms with E-state index in [4.69, 9.17) is 23.8 Å². The van der Waals surface area contributed by atoms with Crippen LogP contribution in [0.1, 0.15) is 0 Å². The molecule has 25 heavy (non-hydrogen) atoms. The van der Waals surface area contributed by atoms with Crippen molar-refractivity contribution < 1.29 is 9.13 Å². The van der Waals surface area contributed by atoms with Crippen LogP contribution in [0.3, 0.4) is 0 Å². The zero-order valence-corrected chi connectivity index (χ0v) is 13.9. The molecule has 0 saturated heterocycles. The first-order chi connectivity index (χ1) is 12.0. The van der Waals surface area contributed by atoms with Gasteiger partial charge in [-0.3, -0.25) is 5.87 Å². The second-order valence-electron chi connectivity index (χ2n) is 4.87. The summed E-state index contributed by atoms with van der Waals surface area (Å²) in [7, 11) is 4.05. The van der Waals surface area contributed by atoms with Gasteiger partial charge in [0.05, 0.1) is 11.6 Å². The first-order valence-electron chi connectivity index (χ1n) is 7.08. The fourth-order valence-electron chi connectivity index (χ4n) is 1.70. The first kappa shape index (κ1) is 19.0. The van der Waals surface area contributed by atoms with Gasteiger partial charge in [0.2, 0.25) is 0 Å². The molecule has 0 fully saturated rings. The number of nitrogens with zero attached hydrogens (tertiary/aromatic N) is 6. The summed E-state index contributed by atoms with van der Waals surface area (Å²) in [6.07, 6.45) is 9.19. The van der Waals surface area contributed by atoms with Gasteiger partial charge in [0.25, 0.3) is 0 Å². The minimum atomic E-state index is -0.275. The molecule has 0 unspecified atom stereocenters. The minimum Gasteiger partial charge on any atom is -0.762 e. The maximum atomic E-state index is 8.21. The predicted octanol–water partition coefficient (Wildman–Crippen LogP) is 2.36. The normalized spacial score (nSPS) is 8.28. The van der Waals surface area contributed by atoms with E-state index in [-0.39, 0.29) is 11.4 Å². The maximum Gasteiger partial charge on any atom is 0.521 e. The Bertz CT molecular complexity index is 866. The van der Waals surface area contributed by atoms with Crippen LogP contribution in [0.5, 0.6) is 0 Å². The second kappa shape index (κ2) is 9.87. The lowest BCUT2D eigenvalue weighted by molar-refractivity contribution is -0.671. The van der Waals surface area contributed by atoms with Crippen LogP contribution in [0.4, 0.5) is 0 Å². The van der Waals surface area contributed by atoms with E-state index in [1.807, 2.05) is 23.2 Å². The lowest BCUT2D eigenvalue weighted by Crippen LogP contribution is -2.26. The van der Waals surface area contributed by atoms with Gasteiger partial charge in [-0.25, -0.2) is 9.13 Å². The molecule has 0 bridgehead atoms. The van der Waals surface area contributed by atoms with Crippen LogP contribution >= 0.6 is 0 Å². The van der Waals surface area contributed by atoms with Gasteiger partial charge in [0.1, 0.15) is 33.3 Å². The highest BCUT2D eigenvalue weighted by atomic mass is 14.9. The minimum absolute atomic E-state index is 0.230. The Morgan fingerprint density at radius 3 is 1.68 bits per heavy atom. The van der Waals surface area contributed by atoms with Gasteiger partial charge in [-0.05, 0) is 11.1 Å². The highest BCUT2D eigenvalue weighted by Crippen LogP contribution is 2.15. The first-order valence-corrected chi connectivity index (χ1v) is 7.08. The van der Waals surface area contributed by atoms with Gasteiger partial charge in [0.15, 0.2) is 24.8 Å². The Kier molecular flexibility index (Phi) is 7.51. The number of aryl methyl sites for hydroxylation is 2. The molecule has 0 aliphatic heterocycles. The van der Waals surface area contributed by atoms with Crippen molar-refractivity contribution in [1.29, 1.82) is 5.26 Å². The Morgan fingerprint density at radius 1 is 1.00 bits per heavy atom. The molecule has 2 aromatic rings. The van der Waals surface area contributed by atoms with Crippen molar-refractivity contribution in [3.8, 4) is 17.2 Å². The van der Waals surface area contributed by atoms with E-state index < -0.39 is 0 Å². The van der Waals surface area contributed by atoms with Crippen molar-refractivity contribution in [1.82, 2.24) is 0 Å². The molecule has 120 valence electrons. The molecule has 6 heteroatoms. The van der Waals surface area contributed by atoms with Crippen LogP contribution in [0, 0.1) is 24.5 Å². The molecule has 0 saturated carbocycles. The summed E-state index contributed by atoms with van der Waals surface area (Å²) < 4.78 is 4.07. The number of nitriles is 1. The molecule has 0 aliphatic carbocycles. The monoisotopic (exact) mass is 327 g/mol. The topological polar surface area (TPSA) is 62.6 Å². The number of hydrogen-bond donors (Lipinski definition) is 0. The number of pyridine rings is 2. The van der Waals surface area contributed by atoms with Gasteiger partial charge in [-0.2, -0.15) is 15.0 Å². The van der Waals surface area contributed by atoms with E-state index in [1.54, 1.807) is 11.9 Å². The molecule has 0 aliphatic rings. The summed E-state index contributed by atoms with van der Waals surface area (Å²) in [5.41, 5.74) is 2.28. The van der Waals surface area contributed by atoms with Crippen molar-refractivity contribution in [2.75, 3.05) is 0 Å². The van der Waals surface area contributed by atoms with E-state index in [9.17, 15) is 0 Å². The van der Waals surface area contributed by atoms with Crippen molar-refractivity contribution in [2.24, 2.45) is 14.1 Å². The zero-order valence-electron chi connectivity index (χ0n) is 13.9. The number of allylic oxidation sites excluding steroid dienone is 2. The van der Waals surface area contributed by atoms with E-state index in [0.29, 0.717) is 0 Å². The summed E-state index contributed by atoms with van der Waals surface area (Å²) in [5, 5.41) is 16.4. The zero-order chi connectivity index (χ0) is 18.7. The van der Waals surface area contributed by atoms with Crippen molar-refractivity contribution in [3.63, 3.8) is 0 Å². The molecule has 2 rings (SSSR count). The summed E-state index contributed by atoms with van der Waals surface area (Å²) >= 11 is 0. The lowest BCUT2D eigenvalue weighted by Gasteiger charge is -1.97. The molecule has 0 spiro atoms. The molecular weight excluding hydrogens is 312 g/mol. The van der Waals surface area contributed by atoms with Crippen LogP contribution in [-0.4, -0.2) is 5.87 Å². The fraction of sp³-hybridized carbons (Fsp3) is 0.105. The lowest BCUT2D eigenvalue weighted by atomic mass is 10.1. The number of hydrogen-bond acceptors (Lipinski definition) is 1. The standard InChI is InChI=1S/C12H14N2.C7HN4/c1-13-7-3-11(4-8-13)12-5-9-14(2)10-6-12;1-10-7(11-2)3-6(4-8)5-9/h3-10H,1-2H3;3H/q+2;-1. The van der Waals surface area contributed by atoms with Crippen LogP contribution in [-0.2, 0) is 14.1 Å². The summed E-state index contributed by atoms with van der Waals surface area (Å²) in [5.74, 6) is 1.27. The maximum absolute atomic E-state index is 8.21. The van der Waals surface area contributed by atoms with E-state index in [0.717, 1.165) is 6.08 Å². The van der Waals surface area contributed by atoms with Crippen LogP contribution in [0.15, 0.2) is 66.5 Å². The van der Waals surface area contributed by atoms with Crippen molar-refractivity contribution >= 4 is 5.87 Å². The summed E-state index contributed by atoms with van der Waals surface area (Å²) in [6.45, 7) is 12.8.